The SMILES string of the molecule is CN(C(=O)c1ccc(NC(=O)[C@H]2CCCO2)cc1Cl)C1CCCCC1. The zero-order chi connectivity index (χ0) is 17.8. The minimum Gasteiger partial charge on any atom is -0.368 e. The topological polar surface area (TPSA) is 58.6 Å². The van der Waals surface area contributed by atoms with Crippen LogP contribution in [0.2, 0.25) is 5.02 Å². The first kappa shape index (κ1) is 18.2. The average molecular weight is 365 g/mol. The van der Waals surface area contributed by atoms with E-state index in [1.165, 1.54) is 19.3 Å². The summed E-state index contributed by atoms with van der Waals surface area (Å²) in [5, 5.41) is 3.17. The summed E-state index contributed by atoms with van der Waals surface area (Å²) in [6.45, 7) is 0.625. The third-order valence-electron chi connectivity index (χ3n) is 5.13. The van der Waals surface area contributed by atoms with Crippen LogP contribution in [-0.4, -0.2) is 42.5 Å². The van der Waals surface area contributed by atoms with Gasteiger partial charge >= 0.3 is 0 Å². The number of hydrogen-bond acceptors (Lipinski definition) is 3. The second-order valence-electron chi connectivity index (χ2n) is 6.89. The van der Waals surface area contributed by atoms with Crippen LogP contribution >= 0.6 is 11.6 Å². The highest BCUT2D eigenvalue weighted by atomic mass is 35.5. The van der Waals surface area contributed by atoms with Crippen LogP contribution in [0.1, 0.15) is 55.3 Å². The Labute approximate surface area is 153 Å². The van der Waals surface area contributed by atoms with Crippen molar-refractivity contribution in [1.29, 1.82) is 0 Å². The van der Waals surface area contributed by atoms with E-state index in [-0.39, 0.29) is 17.9 Å². The number of nitrogens with one attached hydrogen (secondary N) is 1. The molecule has 5 nitrogen and oxygen atoms in total. The Morgan fingerprint density at radius 1 is 1.16 bits per heavy atom. The Hall–Kier alpha value is -1.59. The van der Waals surface area contributed by atoms with Gasteiger partial charge in [0.15, 0.2) is 0 Å². The van der Waals surface area contributed by atoms with Gasteiger partial charge in [0.2, 0.25) is 0 Å². The highest BCUT2D eigenvalue weighted by Gasteiger charge is 2.26. The van der Waals surface area contributed by atoms with Gasteiger partial charge in [-0.2, -0.15) is 0 Å². The maximum Gasteiger partial charge on any atom is 0.255 e. The van der Waals surface area contributed by atoms with E-state index >= 15 is 0 Å². The van der Waals surface area contributed by atoms with Gasteiger partial charge in [-0.25, -0.2) is 0 Å². The van der Waals surface area contributed by atoms with E-state index in [0.717, 1.165) is 25.7 Å². The van der Waals surface area contributed by atoms with Crippen molar-refractivity contribution in [2.24, 2.45) is 0 Å². The molecular formula is C19H25ClN2O3. The fourth-order valence-corrected chi connectivity index (χ4v) is 3.86. The molecule has 1 heterocycles. The molecule has 1 aliphatic heterocycles. The fraction of sp³-hybridized carbons (Fsp3) is 0.579. The third-order valence-corrected chi connectivity index (χ3v) is 5.44. The molecule has 1 saturated heterocycles. The van der Waals surface area contributed by atoms with E-state index in [0.29, 0.717) is 22.9 Å². The predicted molar refractivity (Wildman–Crippen MR) is 98.0 cm³/mol. The van der Waals surface area contributed by atoms with Crippen molar-refractivity contribution in [1.82, 2.24) is 4.90 Å². The lowest BCUT2D eigenvalue weighted by Gasteiger charge is -2.31. The van der Waals surface area contributed by atoms with Gasteiger partial charge in [-0.1, -0.05) is 30.9 Å². The van der Waals surface area contributed by atoms with Gasteiger partial charge in [0, 0.05) is 25.4 Å². The lowest BCUT2D eigenvalue weighted by atomic mass is 9.94. The van der Waals surface area contributed by atoms with Crippen LogP contribution in [0, 0.1) is 0 Å². The second kappa shape index (κ2) is 8.19. The molecular weight excluding hydrogens is 340 g/mol. The van der Waals surface area contributed by atoms with E-state index < -0.39 is 6.10 Å². The number of rotatable bonds is 4. The normalized spacial score (nSPS) is 21.1. The van der Waals surface area contributed by atoms with Crippen LogP contribution in [0.5, 0.6) is 0 Å². The maximum absolute atomic E-state index is 12.7. The van der Waals surface area contributed by atoms with Crippen molar-refractivity contribution in [3.05, 3.63) is 28.8 Å². The molecule has 1 aromatic carbocycles. The summed E-state index contributed by atoms with van der Waals surface area (Å²) in [6.07, 6.45) is 6.94. The number of hydrogen-bond donors (Lipinski definition) is 1. The van der Waals surface area contributed by atoms with Crippen molar-refractivity contribution in [2.45, 2.75) is 57.1 Å². The molecule has 25 heavy (non-hydrogen) atoms. The number of amides is 2. The van der Waals surface area contributed by atoms with Gasteiger partial charge < -0.3 is 15.0 Å². The van der Waals surface area contributed by atoms with Crippen LogP contribution in [0.25, 0.3) is 0 Å². The van der Waals surface area contributed by atoms with Crippen molar-refractivity contribution in [2.75, 3.05) is 19.0 Å². The molecule has 2 fully saturated rings. The molecule has 1 atom stereocenters. The first-order chi connectivity index (χ1) is 12.1. The number of halogens is 1. The zero-order valence-electron chi connectivity index (χ0n) is 14.6. The number of carbonyl (C=O) groups is 2. The Bertz CT molecular complexity index is 638. The number of nitrogens with zero attached hydrogens (tertiary/aromatic N) is 1. The van der Waals surface area contributed by atoms with Crippen molar-refractivity contribution >= 4 is 29.1 Å². The standard InChI is InChI=1S/C19H25ClN2O3/c1-22(14-6-3-2-4-7-14)19(24)15-10-9-13(12-16(15)20)21-18(23)17-8-5-11-25-17/h9-10,12,14,17H,2-8,11H2,1H3,(H,21,23)/t17-/m1/s1. The van der Waals surface area contributed by atoms with Gasteiger partial charge in [0.25, 0.3) is 11.8 Å². The minimum atomic E-state index is -0.391. The van der Waals surface area contributed by atoms with Crippen molar-refractivity contribution < 1.29 is 14.3 Å². The number of carbonyl (C=O) groups excluding carboxylic acids is 2. The lowest BCUT2D eigenvalue weighted by molar-refractivity contribution is -0.124. The molecule has 136 valence electrons. The van der Waals surface area contributed by atoms with Gasteiger partial charge in [0.05, 0.1) is 10.6 Å². The largest absolute Gasteiger partial charge is 0.368 e. The summed E-state index contributed by atoms with van der Waals surface area (Å²) in [6, 6.07) is 5.34. The lowest BCUT2D eigenvalue weighted by Crippen LogP contribution is -2.38. The Balaban J connectivity index is 1.66. The molecule has 1 aromatic rings. The highest BCUT2D eigenvalue weighted by molar-refractivity contribution is 6.34. The van der Waals surface area contributed by atoms with Crippen molar-refractivity contribution in [3.63, 3.8) is 0 Å². The molecule has 0 spiro atoms. The summed E-state index contributed by atoms with van der Waals surface area (Å²) in [4.78, 5) is 26.7. The maximum atomic E-state index is 12.7. The van der Waals surface area contributed by atoms with Crippen LogP contribution in [-0.2, 0) is 9.53 Å². The van der Waals surface area contributed by atoms with E-state index in [4.69, 9.17) is 16.3 Å². The predicted octanol–water partition coefficient (Wildman–Crippen LogP) is 3.86. The molecule has 2 aliphatic rings. The minimum absolute atomic E-state index is 0.0612. The molecule has 0 aromatic heterocycles. The molecule has 0 bridgehead atoms. The average Bonchev–Trinajstić information content (AvgIpc) is 3.16. The van der Waals surface area contributed by atoms with Crippen molar-refractivity contribution in [3.8, 4) is 0 Å². The first-order valence-corrected chi connectivity index (χ1v) is 9.43. The smallest absolute Gasteiger partial charge is 0.255 e. The highest BCUT2D eigenvalue weighted by Crippen LogP contribution is 2.27. The van der Waals surface area contributed by atoms with Gasteiger partial charge in [-0.05, 0) is 43.9 Å². The van der Waals surface area contributed by atoms with Crippen LogP contribution in [0.3, 0.4) is 0 Å². The molecule has 1 N–H and O–H groups in total. The number of ether oxygens (including phenoxy) is 1. The Morgan fingerprint density at radius 2 is 1.92 bits per heavy atom. The zero-order valence-corrected chi connectivity index (χ0v) is 15.3. The van der Waals surface area contributed by atoms with Gasteiger partial charge in [-0.15, -0.1) is 0 Å². The quantitative estimate of drug-likeness (QED) is 0.882. The summed E-state index contributed by atoms with van der Waals surface area (Å²) < 4.78 is 5.37. The fourth-order valence-electron chi connectivity index (χ4n) is 3.60. The summed E-state index contributed by atoms with van der Waals surface area (Å²) in [5.74, 6) is -0.221. The van der Waals surface area contributed by atoms with E-state index in [1.54, 1.807) is 18.2 Å². The molecule has 1 aliphatic carbocycles. The van der Waals surface area contributed by atoms with Gasteiger partial charge in [-0.3, -0.25) is 9.59 Å². The van der Waals surface area contributed by atoms with E-state index in [9.17, 15) is 9.59 Å². The molecule has 6 heteroatoms. The Kier molecular flexibility index (Phi) is 5.97. The van der Waals surface area contributed by atoms with Crippen LogP contribution in [0.4, 0.5) is 5.69 Å². The molecule has 0 unspecified atom stereocenters. The summed E-state index contributed by atoms with van der Waals surface area (Å²) in [7, 11) is 1.85. The van der Waals surface area contributed by atoms with Crippen LogP contribution in [0.15, 0.2) is 18.2 Å². The molecule has 3 rings (SSSR count). The van der Waals surface area contributed by atoms with E-state index in [1.807, 2.05) is 11.9 Å². The first-order valence-electron chi connectivity index (χ1n) is 9.05. The summed E-state index contributed by atoms with van der Waals surface area (Å²) in [5.41, 5.74) is 1.06. The number of anilines is 1. The van der Waals surface area contributed by atoms with Crippen LogP contribution < -0.4 is 5.32 Å². The molecule has 2 amide bonds. The number of benzene rings is 1. The van der Waals surface area contributed by atoms with E-state index in [2.05, 4.69) is 5.32 Å². The monoisotopic (exact) mass is 364 g/mol. The molecule has 0 radical (unpaired) electrons. The summed E-state index contributed by atoms with van der Waals surface area (Å²) >= 11 is 6.32. The second-order valence-corrected chi connectivity index (χ2v) is 7.30. The molecule has 1 saturated carbocycles. The third kappa shape index (κ3) is 4.33. The Morgan fingerprint density at radius 3 is 2.56 bits per heavy atom. The van der Waals surface area contributed by atoms with Gasteiger partial charge in [0.1, 0.15) is 6.10 Å².